The molecule has 0 spiro atoms. The first-order valence-corrected chi connectivity index (χ1v) is 8.01. The van der Waals surface area contributed by atoms with Crippen molar-refractivity contribution >= 4 is 41.5 Å². The van der Waals surface area contributed by atoms with E-state index in [2.05, 4.69) is 25.9 Å². The topological polar surface area (TPSA) is 84.7 Å². The van der Waals surface area contributed by atoms with Crippen molar-refractivity contribution in [3.05, 3.63) is 48.0 Å². The molecule has 1 aliphatic rings. The molecule has 1 unspecified atom stereocenters. The summed E-state index contributed by atoms with van der Waals surface area (Å²) in [5.41, 5.74) is 1.98. The van der Waals surface area contributed by atoms with Crippen LogP contribution in [-0.4, -0.2) is 45.0 Å². The van der Waals surface area contributed by atoms with Crippen molar-refractivity contribution < 1.29 is 4.79 Å². The number of fused-ring (bicyclic) bond motifs is 1. The SMILES string of the molecule is Cc1c(C(=O)NC2CCNC2)nnn1-c1cccc2cnccc12.Cl.Cl. The lowest BCUT2D eigenvalue weighted by Crippen LogP contribution is -2.36. The Balaban J connectivity index is 0.00000121. The summed E-state index contributed by atoms with van der Waals surface area (Å²) in [6.45, 7) is 3.59. The summed E-state index contributed by atoms with van der Waals surface area (Å²) in [4.78, 5) is 16.6. The van der Waals surface area contributed by atoms with Crippen molar-refractivity contribution in [2.45, 2.75) is 19.4 Å². The Hall–Kier alpha value is -2.22. The average Bonchev–Trinajstić information content (AvgIpc) is 3.24. The fourth-order valence-electron chi connectivity index (χ4n) is 3.09. The van der Waals surface area contributed by atoms with Crippen molar-refractivity contribution in [2.24, 2.45) is 0 Å². The zero-order valence-corrected chi connectivity index (χ0v) is 15.8. The second-order valence-electron chi connectivity index (χ2n) is 5.97. The molecule has 1 amide bonds. The zero-order valence-electron chi connectivity index (χ0n) is 14.2. The van der Waals surface area contributed by atoms with E-state index in [-0.39, 0.29) is 36.8 Å². The number of nitrogens with zero attached hydrogens (tertiary/aromatic N) is 4. The molecule has 0 radical (unpaired) electrons. The van der Waals surface area contributed by atoms with Crippen molar-refractivity contribution in [1.29, 1.82) is 0 Å². The number of nitrogens with one attached hydrogen (secondary N) is 2. The number of benzene rings is 1. The molecule has 3 heterocycles. The highest BCUT2D eigenvalue weighted by molar-refractivity contribution is 5.94. The van der Waals surface area contributed by atoms with E-state index in [1.54, 1.807) is 10.9 Å². The Bertz CT molecular complexity index is 902. The molecule has 0 aliphatic carbocycles. The second kappa shape index (κ2) is 8.44. The maximum Gasteiger partial charge on any atom is 0.274 e. The molecule has 138 valence electrons. The van der Waals surface area contributed by atoms with Crippen molar-refractivity contribution in [1.82, 2.24) is 30.6 Å². The third kappa shape index (κ3) is 3.65. The lowest BCUT2D eigenvalue weighted by molar-refractivity contribution is 0.0934. The first kappa shape index (κ1) is 20.1. The Morgan fingerprint density at radius 1 is 1.31 bits per heavy atom. The van der Waals surface area contributed by atoms with Gasteiger partial charge in [0.1, 0.15) is 0 Å². The monoisotopic (exact) mass is 394 g/mol. The van der Waals surface area contributed by atoms with E-state index in [1.807, 2.05) is 37.4 Å². The molecule has 2 N–H and O–H groups in total. The minimum Gasteiger partial charge on any atom is -0.347 e. The van der Waals surface area contributed by atoms with E-state index in [0.29, 0.717) is 5.69 Å². The third-order valence-electron chi connectivity index (χ3n) is 4.39. The Morgan fingerprint density at radius 3 is 2.92 bits per heavy atom. The summed E-state index contributed by atoms with van der Waals surface area (Å²) in [7, 11) is 0. The molecule has 3 aromatic rings. The van der Waals surface area contributed by atoms with Gasteiger partial charge < -0.3 is 10.6 Å². The van der Waals surface area contributed by atoms with E-state index in [9.17, 15) is 4.79 Å². The molecule has 2 aromatic heterocycles. The van der Waals surface area contributed by atoms with Gasteiger partial charge in [-0.15, -0.1) is 29.9 Å². The first-order chi connectivity index (χ1) is 11.7. The highest BCUT2D eigenvalue weighted by Gasteiger charge is 2.22. The number of halogens is 2. The molecule has 7 nitrogen and oxygen atoms in total. The molecule has 0 saturated carbocycles. The molecule has 1 atom stereocenters. The van der Waals surface area contributed by atoms with Crippen LogP contribution in [-0.2, 0) is 0 Å². The van der Waals surface area contributed by atoms with Crippen LogP contribution in [0.2, 0.25) is 0 Å². The Morgan fingerprint density at radius 2 is 2.15 bits per heavy atom. The number of carbonyl (C=O) groups is 1. The number of hydrogen-bond donors (Lipinski definition) is 2. The summed E-state index contributed by atoms with van der Waals surface area (Å²) < 4.78 is 1.71. The van der Waals surface area contributed by atoms with Gasteiger partial charge in [-0.1, -0.05) is 17.3 Å². The van der Waals surface area contributed by atoms with Gasteiger partial charge in [0, 0.05) is 35.8 Å². The molecule has 1 fully saturated rings. The first-order valence-electron chi connectivity index (χ1n) is 8.01. The van der Waals surface area contributed by atoms with Crippen LogP contribution in [0.4, 0.5) is 0 Å². The smallest absolute Gasteiger partial charge is 0.274 e. The molecule has 9 heteroatoms. The summed E-state index contributed by atoms with van der Waals surface area (Å²) in [5.74, 6) is -0.172. The van der Waals surface area contributed by atoms with Gasteiger partial charge in [-0.05, 0) is 32.0 Å². The molecule has 1 aliphatic heterocycles. The fraction of sp³-hybridized carbons (Fsp3) is 0.294. The summed E-state index contributed by atoms with van der Waals surface area (Å²) in [6, 6.07) is 8.01. The molecule has 1 saturated heterocycles. The highest BCUT2D eigenvalue weighted by Crippen LogP contribution is 2.22. The average molecular weight is 395 g/mol. The minimum atomic E-state index is -0.172. The normalized spacial score (nSPS) is 16.0. The molecular formula is C17H20Cl2N6O. The number of carbonyl (C=O) groups excluding carboxylic acids is 1. The van der Waals surface area contributed by atoms with Crippen LogP contribution >= 0.6 is 24.8 Å². The van der Waals surface area contributed by atoms with Crippen LogP contribution in [0.15, 0.2) is 36.7 Å². The number of rotatable bonds is 3. The van der Waals surface area contributed by atoms with Crippen LogP contribution < -0.4 is 10.6 Å². The van der Waals surface area contributed by atoms with E-state index in [4.69, 9.17) is 0 Å². The summed E-state index contributed by atoms with van der Waals surface area (Å²) in [5, 5.41) is 16.6. The molecule has 1 aromatic carbocycles. The van der Waals surface area contributed by atoms with Crippen LogP contribution in [0.3, 0.4) is 0 Å². The van der Waals surface area contributed by atoms with Crippen molar-refractivity contribution in [2.75, 3.05) is 13.1 Å². The van der Waals surface area contributed by atoms with E-state index in [0.717, 1.165) is 41.7 Å². The molecular weight excluding hydrogens is 375 g/mol. The standard InChI is InChI=1S/C17H18N6O.2ClH/c1-11-16(17(24)20-13-5-7-19-10-13)21-22-23(11)15-4-2-3-12-9-18-8-6-14(12)15;;/h2-4,6,8-9,13,19H,5,7,10H2,1H3,(H,20,24);2*1H. The van der Waals surface area contributed by atoms with E-state index >= 15 is 0 Å². The molecule has 0 bridgehead atoms. The fourth-order valence-corrected chi connectivity index (χ4v) is 3.09. The predicted molar refractivity (Wildman–Crippen MR) is 105 cm³/mol. The maximum absolute atomic E-state index is 12.5. The van der Waals surface area contributed by atoms with Crippen LogP contribution in [0.5, 0.6) is 0 Å². The lowest BCUT2D eigenvalue weighted by atomic mass is 10.1. The number of hydrogen-bond acceptors (Lipinski definition) is 5. The van der Waals surface area contributed by atoms with Crippen molar-refractivity contribution in [3.63, 3.8) is 0 Å². The zero-order chi connectivity index (χ0) is 16.5. The van der Waals surface area contributed by atoms with Gasteiger partial charge in [0.15, 0.2) is 5.69 Å². The van der Waals surface area contributed by atoms with Gasteiger partial charge >= 0.3 is 0 Å². The summed E-state index contributed by atoms with van der Waals surface area (Å²) in [6.07, 6.45) is 4.50. The lowest BCUT2D eigenvalue weighted by Gasteiger charge is -2.10. The van der Waals surface area contributed by atoms with E-state index in [1.165, 1.54) is 0 Å². The van der Waals surface area contributed by atoms with Crippen LogP contribution in [0.1, 0.15) is 22.6 Å². The van der Waals surface area contributed by atoms with Gasteiger partial charge in [-0.25, -0.2) is 4.68 Å². The maximum atomic E-state index is 12.5. The number of aromatic nitrogens is 4. The third-order valence-corrected chi connectivity index (χ3v) is 4.39. The Kier molecular flexibility index (Phi) is 6.52. The highest BCUT2D eigenvalue weighted by atomic mass is 35.5. The van der Waals surface area contributed by atoms with Crippen molar-refractivity contribution in [3.8, 4) is 5.69 Å². The molecule has 4 rings (SSSR count). The van der Waals surface area contributed by atoms with E-state index < -0.39 is 0 Å². The number of amides is 1. The van der Waals surface area contributed by atoms with Gasteiger partial charge in [0.05, 0.1) is 11.4 Å². The second-order valence-corrected chi connectivity index (χ2v) is 5.97. The minimum absolute atomic E-state index is 0. The number of pyridine rings is 1. The van der Waals surface area contributed by atoms with Gasteiger partial charge in [0.25, 0.3) is 5.91 Å². The largest absolute Gasteiger partial charge is 0.347 e. The Labute approximate surface area is 163 Å². The van der Waals surface area contributed by atoms with Gasteiger partial charge in [-0.3, -0.25) is 9.78 Å². The summed E-state index contributed by atoms with van der Waals surface area (Å²) >= 11 is 0. The van der Waals surface area contributed by atoms with Crippen LogP contribution in [0, 0.1) is 6.92 Å². The quantitative estimate of drug-likeness (QED) is 0.709. The van der Waals surface area contributed by atoms with Gasteiger partial charge in [-0.2, -0.15) is 0 Å². The molecule has 26 heavy (non-hydrogen) atoms. The van der Waals surface area contributed by atoms with Crippen LogP contribution in [0.25, 0.3) is 16.5 Å². The predicted octanol–water partition coefficient (Wildman–Crippen LogP) is 2.06. The van der Waals surface area contributed by atoms with Gasteiger partial charge in [0.2, 0.25) is 0 Å².